The van der Waals surface area contributed by atoms with Crippen LogP contribution in [0.1, 0.15) is 11.1 Å². The predicted molar refractivity (Wildman–Crippen MR) is 89.1 cm³/mol. The Labute approximate surface area is 163 Å². The molecule has 29 heavy (non-hydrogen) atoms. The van der Waals surface area contributed by atoms with Crippen molar-refractivity contribution in [2.75, 3.05) is 0 Å². The number of rotatable bonds is 3. The average Bonchev–Trinajstić information content (AvgIpc) is 2.59. The molecule has 0 aliphatic carbocycles. The van der Waals surface area contributed by atoms with Gasteiger partial charge in [0.2, 0.25) is 6.10 Å². The number of hydrogen-bond donors (Lipinski definition) is 1. The second-order valence-electron chi connectivity index (χ2n) is 5.89. The number of halogens is 7. The molecule has 2 aromatic carbocycles. The fraction of sp³-hybridized carbons (Fsp3) is 0.167. The second kappa shape index (κ2) is 7.18. The van der Waals surface area contributed by atoms with Gasteiger partial charge in [0.15, 0.2) is 0 Å². The minimum atomic E-state index is -4.99. The van der Waals surface area contributed by atoms with Gasteiger partial charge < -0.3 is 14.6 Å². The largest absolute Gasteiger partial charge is 0.478 e. The van der Waals surface area contributed by atoms with Crippen LogP contribution in [0.3, 0.4) is 0 Å². The number of hydrogen-bond acceptors (Lipinski definition) is 3. The van der Waals surface area contributed by atoms with Gasteiger partial charge in [-0.2, -0.15) is 26.3 Å². The van der Waals surface area contributed by atoms with Crippen LogP contribution >= 0.6 is 11.6 Å². The highest BCUT2D eigenvalue weighted by atomic mass is 35.5. The summed E-state index contributed by atoms with van der Waals surface area (Å²) >= 11 is 5.94. The van der Waals surface area contributed by atoms with E-state index in [0.717, 1.165) is 42.5 Å². The average molecular weight is 439 g/mol. The molecule has 1 aliphatic rings. The first-order chi connectivity index (χ1) is 13.4. The maximum atomic E-state index is 13.1. The molecule has 0 amide bonds. The zero-order chi connectivity index (χ0) is 21.6. The summed E-state index contributed by atoms with van der Waals surface area (Å²) in [5, 5.41) is 8.77. The molecule has 0 saturated heterocycles. The van der Waals surface area contributed by atoms with E-state index in [-0.39, 0.29) is 22.1 Å². The molecular weight excluding hydrogens is 430 g/mol. The van der Waals surface area contributed by atoms with Crippen molar-refractivity contribution in [2.24, 2.45) is 0 Å². The number of ether oxygens (including phenoxy) is 2. The molecular formula is C18H9ClF6O4. The first-order valence-electron chi connectivity index (χ1n) is 7.73. The molecule has 1 heterocycles. The van der Waals surface area contributed by atoms with E-state index in [9.17, 15) is 31.1 Å². The smallest absolute Gasteiger partial charge is 0.430 e. The fourth-order valence-corrected chi connectivity index (χ4v) is 2.83. The summed E-state index contributed by atoms with van der Waals surface area (Å²) in [5.41, 5.74) is -2.03. The van der Waals surface area contributed by atoms with Crippen molar-refractivity contribution in [2.45, 2.75) is 18.5 Å². The Balaban J connectivity index is 1.94. The van der Waals surface area contributed by atoms with Gasteiger partial charge in [0.05, 0.1) is 16.2 Å². The molecule has 4 nitrogen and oxygen atoms in total. The topological polar surface area (TPSA) is 55.8 Å². The Kier molecular flexibility index (Phi) is 5.16. The first kappa shape index (κ1) is 20.8. The first-order valence-corrected chi connectivity index (χ1v) is 8.11. The molecule has 1 N–H and O–H groups in total. The predicted octanol–water partition coefficient (Wildman–Crippen LogP) is 5.94. The van der Waals surface area contributed by atoms with Crippen LogP contribution in [0.25, 0.3) is 6.08 Å². The lowest BCUT2D eigenvalue weighted by atomic mass is 10.0. The summed E-state index contributed by atoms with van der Waals surface area (Å²) in [6.07, 6.45) is -11.5. The molecule has 0 bridgehead atoms. The fourth-order valence-electron chi connectivity index (χ4n) is 2.57. The highest BCUT2D eigenvalue weighted by Gasteiger charge is 2.48. The lowest BCUT2D eigenvalue weighted by Crippen LogP contribution is -2.40. The van der Waals surface area contributed by atoms with Crippen LogP contribution in [0, 0.1) is 0 Å². The second-order valence-corrected chi connectivity index (χ2v) is 6.30. The van der Waals surface area contributed by atoms with E-state index in [2.05, 4.69) is 0 Å². The molecule has 1 atom stereocenters. The molecule has 154 valence electrons. The van der Waals surface area contributed by atoms with Gasteiger partial charge in [0.1, 0.15) is 17.2 Å². The van der Waals surface area contributed by atoms with Crippen molar-refractivity contribution < 1.29 is 45.7 Å². The quantitative estimate of drug-likeness (QED) is 0.602. The standard InChI is InChI=1S/C18H9ClF6O4/c19-13-7-11(28-10-3-1-9(2-4-10)17(20,21)22)5-8-6-12(16(26)27)15(18(23,24)25)29-14(8)13/h1-7,15H,(H,26,27)/t15-/m0/s1. The van der Waals surface area contributed by atoms with E-state index in [1.165, 1.54) is 0 Å². The Hall–Kier alpha value is -2.88. The van der Waals surface area contributed by atoms with E-state index in [1.54, 1.807) is 0 Å². The lowest BCUT2D eigenvalue weighted by molar-refractivity contribution is -0.187. The van der Waals surface area contributed by atoms with Gasteiger partial charge in [0.25, 0.3) is 0 Å². The van der Waals surface area contributed by atoms with Crippen LogP contribution in [-0.2, 0) is 11.0 Å². The molecule has 2 aromatic rings. The van der Waals surface area contributed by atoms with Crippen LogP contribution in [0.2, 0.25) is 5.02 Å². The molecule has 3 rings (SSSR count). The van der Waals surface area contributed by atoms with Gasteiger partial charge in [0, 0.05) is 11.6 Å². The summed E-state index contributed by atoms with van der Waals surface area (Å²) < 4.78 is 87.2. The Bertz CT molecular complexity index is 980. The number of aliphatic carboxylic acids is 1. The van der Waals surface area contributed by atoms with Crippen molar-refractivity contribution in [3.05, 3.63) is 58.1 Å². The summed E-state index contributed by atoms with van der Waals surface area (Å²) in [5.74, 6) is -2.26. The zero-order valence-electron chi connectivity index (χ0n) is 13.9. The molecule has 11 heteroatoms. The van der Waals surface area contributed by atoms with Gasteiger partial charge in [-0.1, -0.05) is 11.6 Å². The Morgan fingerprint density at radius 1 is 1.03 bits per heavy atom. The van der Waals surface area contributed by atoms with Crippen LogP contribution in [0.15, 0.2) is 42.0 Å². The molecule has 0 spiro atoms. The summed E-state index contributed by atoms with van der Waals surface area (Å²) in [4.78, 5) is 11.2. The van der Waals surface area contributed by atoms with E-state index in [1.807, 2.05) is 0 Å². The van der Waals surface area contributed by atoms with Crippen molar-refractivity contribution in [1.29, 1.82) is 0 Å². The maximum Gasteiger partial charge on any atom is 0.430 e. The minimum Gasteiger partial charge on any atom is -0.478 e. The highest BCUT2D eigenvalue weighted by molar-refractivity contribution is 6.32. The number of fused-ring (bicyclic) bond motifs is 1. The van der Waals surface area contributed by atoms with E-state index in [0.29, 0.717) is 0 Å². The van der Waals surface area contributed by atoms with Crippen molar-refractivity contribution in [3.63, 3.8) is 0 Å². The van der Waals surface area contributed by atoms with E-state index >= 15 is 0 Å². The highest BCUT2D eigenvalue weighted by Crippen LogP contribution is 2.43. The third kappa shape index (κ3) is 4.42. The number of carbonyl (C=O) groups is 1. The van der Waals surface area contributed by atoms with Crippen LogP contribution in [-0.4, -0.2) is 23.4 Å². The Morgan fingerprint density at radius 2 is 1.66 bits per heavy atom. The molecule has 1 aliphatic heterocycles. The third-order valence-electron chi connectivity index (χ3n) is 3.84. The normalized spacial score (nSPS) is 16.5. The van der Waals surface area contributed by atoms with Crippen molar-refractivity contribution in [1.82, 2.24) is 0 Å². The maximum absolute atomic E-state index is 13.1. The van der Waals surface area contributed by atoms with Gasteiger partial charge in [-0.25, -0.2) is 4.79 Å². The third-order valence-corrected chi connectivity index (χ3v) is 4.12. The van der Waals surface area contributed by atoms with Crippen LogP contribution in [0.5, 0.6) is 17.2 Å². The molecule has 0 radical (unpaired) electrons. The van der Waals surface area contributed by atoms with Crippen LogP contribution < -0.4 is 9.47 Å². The van der Waals surface area contributed by atoms with E-state index < -0.39 is 41.3 Å². The molecule has 0 aromatic heterocycles. The zero-order valence-corrected chi connectivity index (χ0v) is 14.7. The molecule has 0 saturated carbocycles. The monoisotopic (exact) mass is 438 g/mol. The Morgan fingerprint density at radius 3 is 2.17 bits per heavy atom. The number of carboxylic acids is 1. The van der Waals surface area contributed by atoms with Crippen molar-refractivity contribution in [3.8, 4) is 17.2 Å². The van der Waals surface area contributed by atoms with Gasteiger partial charge >= 0.3 is 18.3 Å². The molecule has 0 unspecified atom stereocenters. The number of alkyl halides is 6. The lowest BCUT2D eigenvalue weighted by Gasteiger charge is -2.27. The summed E-state index contributed by atoms with van der Waals surface area (Å²) in [6.45, 7) is 0. The van der Waals surface area contributed by atoms with Gasteiger partial charge in [-0.3, -0.25) is 0 Å². The van der Waals surface area contributed by atoms with Crippen LogP contribution in [0.4, 0.5) is 26.3 Å². The minimum absolute atomic E-state index is 0.00125. The number of benzene rings is 2. The van der Waals surface area contributed by atoms with E-state index in [4.69, 9.17) is 26.2 Å². The summed E-state index contributed by atoms with van der Waals surface area (Å²) in [6, 6.07) is 5.93. The number of carboxylic acid groups (broad SMARTS) is 1. The van der Waals surface area contributed by atoms with Crippen molar-refractivity contribution >= 4 is 23.6 Å². The SMILES string of the molecule is O=C(O)C1=Cc2cc(Oc3ccc(C(F)(F)F)cc3)cc(Cl)c2O[C@@H]1C(F)(F)F. The van der Waals surface area contributed by atoms with Gasteiger partial charge in [-0.15, -0.1) is 0 Å². The van der Waals surface area contributed by atoms with Gasteiger partial charge in [-0.05, 0) is 36.4 Å². The molecule has 0 fully saturated rings. The summed E-state index contributed by atoms with van der Waals surface area (Å²) in [7, 11) is 0.